The molecule has 9 heterocycles. The maximum atomic E-state index is 13.9. The van der Waals surface area contributed by atoms with Gasteiger partial charge in [-0.25, -0.2) is 19.2 Å². The number of carbonyl (C=O) groups excluding carboxylic acids is 6. The van der Waals surface area contributed by atoms with Gasteiger partial charge in [-0.1, -0.05) is 0 Å². The molecule has 0 spiro atoms. The van der Waals surface area contributed by atoms with E-state index in [0.717, 1.165) is 41.5 Å². The average Bonchev–Trinajstić information content (AvgIpc) is 0.692. The molecule has 0 bridgehead atoms. The maximum Gasteiger partial charge on any atom is 0.364 e. The molecule has 141 heavy (non-hydrogen) atoms. The van der Waals surface area contributed by atoms with Crippen LogP contribution in [0.1, 0.15) is 74.1 Å². The summed E-state index contributed by atoms with van der Waals surface area (Å²) in [7, 11) is 0. The van der Waals surface area contributed by atoms with E-state index in [1.165, 1.54) is 6.92 Å². The molecule has 9 saturated heterocycles. The Balaban J connectivity index is 0.949. The first kappa shape index (κ1) is 118. The Bertz CT molecular complexity index is 4180. The molecule has 63 nitrogen and oxygen atoms in total. The summed E-state index contributed by atoms with van der Waals surface area (Å²) in [4.78, 5) is 131. The summed E-state index contributed by atoms with van der Waals surface area (Å²) < 4.78 is 98.0. The number of amides is 6. The van der Waals surface area contributed by atoms with Gasteiger partial charge in [0.2, 0.25) is 35.4 Å². The first-order chi connectivity index (χ1) is 65.9. The molecule has 36 N–H and O–H groups in total. The molecule has 49 atom stereocenters. The lowest BCUT2D eigenvalue weighted by Gasteiger charge is -2.51. The zero-order chi connectivity index (χ0) is 106. The van der Waals surface area contributed by atoms with E-state index in [4.69, 9.17) is 80.5 Å². The highest BCUT2D eigenvalue weighted by atomic mass is 16.8. The quantitative estimate of drug-likeness (QED) is 0.0270. The zero-order valence-electron chi connectivity index (χ0n) is 75.9. The summed E-state index contributed by atoms with van der Waals surface area (Å²) in [6.07, 6.45) is -95.1. The SMILES string of the molecule is CC(=O)N[C@@H]1[C@@H](O[C@@H]2O[C@H](CO)[C@H](O)[C@H](O[C@@H]3O[C@H](CO)[C@H](O[C@@H]4O[C@H](CO)[C@H](O)[C@H](O[C@@H]5O[C@@H](C)[C@@H](O)[C@@H](O)[C@@H]5O)[C@H]4NC(C)=O)[C@H](O)[C@H]3O)[C@H]2O)[C@@H](O)[C@@H](CO[C@]2(C(=O)O)C[C@H](O)[C@@H](NC(C)=O)[C@H]([C@H](O)[C@@H](CO)O[C@]3(C(=O)O)C[C@H](O)[C@@H](NC(C)=O)[C@H]([C@H](O)[C@@H](CO)O[C@]4(C(=O)O)C[C@H](O)[C@@H](NC(C)=O)[C@H]([C@H](O)[C@@H](CO)O[C@]5(C(=O)O)C[C@H](O)[C@@H](NC(C)=O)[C@H]([C@H](O)[C@H](O)CO)O5)O4)O3)O2)O[C@@H]1O. The van der Waals surface area contributed by atoms with Gasteiger partial charge in [-0.3, -0.25) is 28.8 Å². The Hall–Kier alpha value is -7.02. The smallest absolute Gasteiger partial charge is 0.364 e. The summed E-state index contributed by atoms with van der Waals surface area (Å²) in [5, 5.41) is 351. The second-order valence-corrected chi connectivity index (χ2v) is 35.3. The first-order valence-corrected chi connectivity index (χ1v) is 44.0. The minimum Gasteiger partial charge on any atom is -0.477 e. The molecule has 0 unspecified atom stereocenters. The monoisotopic (exact) mass is 2060 g/mol. The first-order valence-electron chi connectivity index (χ1n) is 44.0. The number of carboxylic acid groups (broad SMARTS) is 4. The van der Waals surface area contributed by atoms with Gasteiger partial charge in [-0.05, 0) is 6.92 Å². The van der Waals surface area contributed by atoms with Crippen molar-refractivity contribution >= 4 is 59.3 Å². The normalized spacial score (nSPS) is 42.9. The van der Waals surface area contributed by atoms with Gasteiger partial charge >= 0.3 is 23.9 Å². The fourth-order valence-electron chi connectivity index (χ4n) is 18.0. The number of nitrogens with one attached hydrogen (secondary N) is 6. The lowest BCUT2D eigenvalue weighted by molar-refractivity contribution is -0.386. The van der Waals surface area contributed by atoms with Crippen LogP contribution < -0.4 is 31.9 Å². The van der Waals surface area contributed by atoms with Crippen molar-refractivity contribution < 1.29 is 282 Å². The number of rotatable bonds is 42. The second kappa shape index (κ2) is 49.2. The fraction of sp³-hybridized carbons (Fsp3) is 0.872. The Morgan fingerprint density at radius 2 is 0.610 bits per heavy atom. The van der Waals surface area contributed by atoms with Gasteiger partial charge in [0.1, 0.15) is 189 Å². The Kier molecular flexibility index (Phi) is 41.0. The highest BCUT2D eigenvalue weighted by Crippen LogP contribution is 2.45. The summed E-state index contributed by atoms with van der Waals surface area (Å²) in [5.74, 6) is -30.1. The highest BCUT2D eigenvalue weighted by Gasteiger charge is 2.67. The van der Waals surface area contributed by atoms with Crippen LogP contribution in [-0.4, -0.2) is 564 Å². The van der Waals surface area contributed by atoms with Gasteiger partial charge in [0.15, 0.2) is 31.5 Å². The van der Waals surface area contributed by atoms with Crippen LogP contribution >= 0.6 is 0 Å². The minimum absolute atomic E-state index is 0.771. The van der Waals surface area contributed by atoms with E-state index in [0.29, 0.717) is 0 Å². The summed E-state index contributed by atoms with van der Waals surface area (Å²) >= 11 is 0. The lowest BCUT2D eigenvalue weighted by atomic mass is 9.86. The molecule has 810 valence electrons. The Morgan fingerprint density at radius 1 is 0.312 bits per heavy atom. The standard InChI is InChI=1S/C78H126N6O57/c1-20-45(103)53(111)55(113)68(126-20)133-60-44(84-26(7)97)67(128-32(13-86)47(60)105)131-58-37(18-91)130-69(56(114)54(58)112)134-65-48(106)33(14-87)129-70(57(65)115)132-59-43(83-25(6)96)66(116)127-38(52(59)110)19-125-75(71(117)118)8-27(98)40(80-22(3)93)62(138-75)49(107)34(15-88)136-77(73(121)122)10-29(100)42(82-24(5)95)64(140-77)51(109)36(17-90)137-78(74(123)124)11-30(101)41(81-23(4)94)63(141-78)50(108)35(16-89)135-76(72(119)120)9-28(99)39(79-21(2)92)61(139-76)46(104)31(102)12-85/h20,27-70,85-91,98-116H,8-19H2,1-7H3,(H,79,92)(H,80,93)(H,81,94)(H,82,95)(H,83,96)(H,84,97)(H,117,118)(H,119,120)(H,121,122)(H,123,124)/t20-,27-,28-,29-,30-,31+,32+,33+,34+,35+,36+,37+,38+,39+,40+,41+,42+,43+,44+,45+,46+,47-,48-,49+,50+,51+,52-,53+,54+,55-,56+,57+,58-,59+,60+,61+,62+,63+,64+,65-,66-,67-,68-,69-,70-,75+,76+,77+,78+/m0/s1. The molecule has 0 aliphatic carbocycles. The van der Waals surface area contributed by atoms with Crippen molar-refractivity contribution in [1.29, 1.82) is 0 Å². The largest absolute Gasteiger partial charge is 0.477 e. The molecule has 9 fully saturated rings. The van der Waals surface area contributed by atoms with E-state index >= 15 is 0 Å². The van der Waals surface area contributed by atoms with Crippen LogP contribution in [0.5, 0.6) is 0 Å². The van der Waals surface area contributed by atoms with Crippen molar-refractivity contribution in [3.05, 3.63) is 0 Å². The van der Waals surface area contributed by atoms with E-state index in [9.17, 15) is 201 Å². The van der Waals surface area contributed by atoms with Crippen LogP contribution in [0.2, 0.25) is 0 Å². The Labute approximate surface area is 795 Å². The minimum atomic E-state index is -3.74. The number of carbonyl (C=O) groups is 10. The van der Waals surface area contributed by atoms with Crippen molar-refractivity contribution in [2.75, 3.05) is 52.9 Å². The molecule has 0 aromatic heterocycles. The van der Waals surface area contributed by atoms with Crippen LogP contribution in [-0.2, 0) is 128 Å². The van der Waals surface area contributed by atoms with Crippen molar-refractivity contribution in [3.63, 3.8) is 0 Å². The third-order valence-electron chi connectivity index (χ3n) is 25.1. The average molecular weight is 2060 g/mol. The zero-order valence-corrected chi connectivity index (χ0v) is 75.9. The van der Waals surface area contributed by atoms with Gasteiger partial charge in [0.25, 0.3) is 23.1 Å². The molecule has 9 aliphatic heterocycles. The molecule has 63 heteroatoms. The number of ether oxygens (including phenoxy) is 17. The molecule has 0 radical (unpaired) electrons. The molecular formula is C78H126N6O57. The van der Waals surface area contributed by atoms with E-state index in [1.54, 1.807) is 0 Å². The van der Waals surface area contributed by atoms with Crippen molar-refractivity contribution in [2.45, 2.75) is 373 Å². The van der Waals surface area contributed by atoms with Crippen molar-refractivity contribution in [3.8, 4) is 0 Å². The van der Waals surface area contributed by atoms with E-state index in [1.807, 2.05) is 0 Å². The van der Waals surface area contributed by atoms with Gasteiger partial charge in [0, 0.05) is 67.2 Å². The van der Waals surface area contributed by atoms with Gasteiger partial charge in [-0.15, -0.1) is 0 Å². The number of aliphatic hydroxyl groups excluding tert-OH is 26. The van der Waals surface area contributed by atoms with E-state index in [-0.39, 0.29) is 0 Å². The van der Waals surface area contributed by atoms with Crippen LogP contribution in [0.3, 0.4) is 0 Å². The number of aliphatic carboxylic acids is 4. The molecular weight excluding hydrogens is 1930 g/mol. The van der Waals surface area contributed by atoms with Crippen LogP contribution in [0.4, 0.5) is 0 Å². The molecule has 9 rings (SSSR count). The third kappa shape index (κ3) is 26.0. The second-order valence-electron chi connectivity index (χ2n) is 35.3. The van der Waals surface area contributed by atoms with Crippen molar-refractivity contribution in [1.82, 2.24) is 31.9 Å². The van der Waals surface area contributed by atoms with E-state index < -0.39 is 436 Å². The van der Waals surface area contributed by atoms with Crippen molar-refractivity contribution in [2.24, 2.45) is 0 Å². The maximum absolute atomic E-state index is 13.9. The van der Waals surface area contributed by atoms with Gasteiger partial charge < -0.3 is 266 Å². The fourth-order valence-corrected chi connectivity index (χ4v) is 18.0. The summed E-state index contributed by atoms with van der Waals surface area (Å²) in [6.45, 7) is -4.91. The molecule has 9 aliphatic rings. The topological polar surface area (TPSA) is 1010 Å². The Morgan fingerprint density at radius 3 is 0.979 bits per heavy atom. The lowest BCUT2D eigenvalue weighted by Crippen LogP contribution is -2.72. The third-order valence-corrected chi connectivity index (χ3v) is 25.1. The van der Waals surface area contributed by atoms with E-state index in [2.05, 4.69) is 31.9 Å². The van der Waals surface area contributed by atoms with Crippen LogP contribution in [0.15, 0.2) is 0 Å². The molecule has 0 aromatic rings. The molecule has 0 saturated carbocycles. The van der Waals surface area contributed by atoms with Gasteiger partial charge in [0.05, 0.1) is 108 Å². The predicted molar refractivity (Wildman–Crippen MR) is 434 cm³/mol. The van der Waals surface area contributed by atoms with Crippen LogP contribution in [0, 0.1) is 0 Å². The summed E-state index contributed by atoms with van der Waals surface area (Å²) in [5.41, 5.74) is 0. The number of hydrogen-bond acceptors (Lipinski definition) is 53. The number of aliphatic hydroxyl groups is 26. The highest BCUT2D eigenvalue weighted by molar-refractivity contribution is 5.80. The predicted octanol–water partition coefficient (Wildman–Crippen LogP) is -21.9. The summed E-state index contributed by atoms with van der Waals surface area (Å²) in [6, 6.07) is -12.2. The molecule has 6 amide bonds. The van der Waals surface area contributed by atoms with Crippen LogP contribution in [0.25, 0.3) is 0 Å². The molecule has 0 aromatic carbocycles. The van der Waals surface area contributed by atoms with Gasteiger partial charge in [-0.2, -0.15) is 0 Å². The number of hydrogen-bond donors (Lipinski definition) is 36. The number of carboxylic acids is 4.